The first-order valence-electron chi connectivity index (χ1n) is 12.6. The van der Waals surface area contributed by atoms with Crippen LogP contribution in [0.2, 0.25) is 0 Å². The lowest BCUT2D eigenvalue weighted by Gasteiger charge is -2.21. The quantitative estimate of drug-likeness (QED) is 0.380. The number of hydrogen-bond donors (Lipinski definition) is 3. The van der Waals surface area contributed by atoms with Gasteiger partial charge in [-0.1, -0.05) is 24.4 Å². The van der Waals surface area contributed by atoms with Gasteiger partial charge in [-0.2, -0.15) is 0 Å². The Morgan fingerprint density at radius 1 is 1.08 bits per heavy atom. The van der Waals surface area contributed by atoms with Gasteiger partial charge in [0.1, 0.15) is 17.5 Å². The van der Waals surface area contributed by atoms with Gasteiger partial charge in [0.25, 0.3) is 5.92 Å². The summed E-state index contributed by atoms with van der Waals surface area (Å²) in [5.74, 6) is -8.88. The van der Waals surface area contributed by atoms with E-state index in [-0.39, 0.29) is 5.69 Å². The minimum Gasteiger partial charge on any atom is -0.481 e. The summed E-state index contributed by atoms with van der Waals surface area (Å²) in [6.45, 7) is 3.75. The number of carbonyl (C=O) groups excluding carboxylic acids is 1. The molecule has 1 amide bonds. The summed E-state index contributed by atoms with van der Waals surface area (Å²) >= 11 is 0. The molecule has 0 bridgehead atoms. The average molecular weight is 527 g/mol. The summed E-state index contributed by atoms with van der Waals surface area (Å²) in [4.78, 5) is 36.8. The van der Waals surface area contributed by atoms with Crippen LogP contribution in [0.4, 0.5) is 20.4 Å². The molecule has 5 rings (SSSR count). The molecule has 2 atom stereocenters. The highest BCUT2D eigenvalue weighted by Gasteiger charge is 2.76. The molecule has 38 heavy (non-hydrogen) atoms. The molecule has 200 valence electrons. The number of carboxylic acid groups (broad SMARTS) is 1. The van der Waals surface area contributed by atoms with Crippen molar-refractivity contribution in [2.24, 2.45) is 11.8 Å². The van der Waals surface area contributed by atoms with Crippen molar-refractivity contribution < 1.29 is 28.0 Å². The van der Waals surface area contributed by atoms with Crippen LogP contribution >= 0.6 is 0 Å². The second kappa shape index (κ2) is 10.1. The summed E-state index contributed by atoms with van der Waals surface area (Å²) in [6, 6.07) is 5.06. The number of nitrogens with zero attached hydrogens (tertiary/aromatic N) is 4. The van der Waals surface area contributed by atoms with Gasteiger partial charge in [-0.3, -0.25) is 9.59 Å². The van der Waals surface area contributed by atoms with Crippen LogP contribution in [0.1, 0.15) is 60.7 Å². The van der Waals surface area contributed by atoms with Gasteiger partial charge in [-0.15, -0.1) is 0 Å². The SMILES string of the molecule is Cc1nc(-c2onc(C)c2CNc2nccc(C3CCCCC3)n2)ccc1NC(=O)[C@H]1[C@H](C(=O)O)C1(F)F. The van der Waals surface area contributed by atoms with E-state index in [1.807, 2.05) is 6.07 Å². The van der Waals surface area contributed by atoms with E-state index >= 15 is 0 Å². The predicted molar refractivity (Wildman–Crippen MR) is 133 cm³/mol. The smallest absolute Gasteiger partial charge is 0.313 e. The van der Waals surface area contributed by atoms with E-state index in [4.69, 9.17) is 14.6 Å². The molecule has 10 nitrogen and oxygen atoms in total. The number of pyridine rings is 1. The Labute approximate surface area is 217 Å². The van der Waals surface area contributed by atoms with Crippen molar-refractivity contribution in [3.05, 3.63) is 47.0 Å². The predicted octanol–water partition coefficient (Wildman–Crippen LogP) is 4.71. The lowest BCUT2D eigenvalue weighted by molar-refractivity contribution is -0.141. The van der Waals surface area contributed by atoms with E-state index in [0.717, 1.165) is 24.1 Å². The zero-order valence-corrected chi connectivity index (χ0v) is 21.0. The molecule has 0 radical (unpaired) electrons. The summed E-state index contributed by atoms with van der Waals surface area (Å²) in [5, 5.41) is 18.6. The number of aliphatic carboxylic acids is 1. The molecule has 2 aliphatic rings. The largest absolute Gasteiger partial charge is 0.481 e. The minimum atomic E-state index is -3.57. The number of hydrogen-bond acceptors (Lipinski definition) is 8. The van der Waals surface area contributed by atoms with Gasteiger partial charge >= 0.3 is 5.97 Å². The van der Waals surface area contributed by atoms with Crippen molar-refractivity contribution in [2.45, 2.75) is 64.3 Å². The fraction of sp³-hybridized carbons (Fsp3) is 0.462. The number of carboxylic acids is 1. The Hall–Kier alpha value is -3.96. The van der Waals surface area contributed by atoms with Crippen molar-refractivity contribution in [1.29, 1.82) is 0 Å². The second-order valence-electron chi connectivity index (χ2n) is 9.86. The van der Waals surface area contributed by atoms with Crippen LogP contribution in [0, 0.1) is 25.7 Å². The number of aromatic nitrogens is 4. The number of nitrogens with one attached hydrogen (secondary N) is 2. The second-order valence-corrected chi connectivity index (χ2v) is 9.86. The zero-order chi connectivity index (χ0) is 27.0. The first kappa shape index (κ1) is 25.7. The fourth-order valence-electron chi connectivity index (χ4n) is 5.04. The number of rotatable bonds is 8. The molecule has 0 aromatic carbocycles. The van der Waals surface area contributed by atoms with Crippen LogP contribution in [-0.2, 0) is 16.1 Å². The van der Waals surface area contributed by atoms with Gasteiger partial charge in [-0.05, 0) is 44.9 Å². The highest BCUT2D eigenvalue weighted by atomic mass is 19.3. The molecule has 3 N–H and O–H groups in total. The molecule has 0 unspecified atom stereocenters. The van der Waals surface area contributed by atoms with E-state index < -0.39 is 29.6 Å². The van der Waals surface area contributed by atoms with E-state index in [0.29, 0.717) is 41.3 Å². The molecule has 3 heterocycles. The third-order valence-corrected chi connectivity index (χ3v) is 7.29. The van der Waals surface area contributed by atoms with Crippen LogP contribution in [0.3, 0.4) is 0 Å². The average Bonchev–Trinajstić information content (AvgIpc) is 3.31. The molecule has 2 aliphatic carbocycles. The highest BCUT2D eigenvalue weighted by Crippen LogP contribution is 2.55. The fourth-order valence-corrected chi connectivity index (χ4v) is 5.04. The first-order valence-corrected chi connectivity index (χ1v) is 12.6. The number of anilines is 2. The molecular formula is C26H28F2N6O4. The first-order chi connectivity index (χ1) is 18.2. The van der Waals surface area contributed by atoms with E-state index in [9.17, 15) is 18.4 Å². The van der Waals surface area contributed by atoms with Gasteiger partial charge in [0.15, 0.2) is 5.76 Å². The Morgan fingerprint density at radius 2 is 1.84 bits per heavy atom. The monoisotopic (exact) mass is 526 g/mol. The molecule has 0 spiro atoms. The van der Waals surface area contributed by atoms with Crippen molar-refractivity contribution >= 4 is 23.5 Å². The number of alkyl halides is 2. The molecule has 12 heteroatoms. The Morgan fingerprint density at radius 3 is 2.53 bits per heavy atom. The number of halogens is 2. The summed E-state index contributed by atoms with van der Waals surface area (Å²) in [6.07, 6.45) is 7.72. The van der Waals surface area contributed by atoms with Gasteiger partial charge < -0.3 is 20.3 Å². The lowest BCUT2D eigenvalue weighted by atomic mass is 9.87. The van der Waals surface area contributed by atoms with Gasteiger partial charge in [0.2, 0.25) is 11.9 Å². The lowest BCUT2D eigenvalue weighted by Crippen LogP contribution is -2.19. The molecule has 0 saturated heterocycles. The number of carbonyl (C=O) groups is 2. The Kier molecular flexibility index (Phi) is 6.80. The highest BCUT2D eigenvalue weighted by molar-refractivity contribution is 6.00. The zero-order valence-electron chi connectivity index (χ0n) is 21.0. The van der Waals surface area contributed by atoms with Crippen LogP contribution in [0.5, 0.6) is 0 Å². The standard InChI is InChI=1S/C26H28F2N6O4/c1-13-16(12-30-25-29-11-10-18(33-25)15-6-4-3-5-7-15)22(38-34-13)19-9-8-17(14(2)31-19)32-23(35)20-21(24(36)37)26(20,27)28/h8-11,15,20-21H,3-7,12H2,1-2H3,(H,32,35)(H,36,37)(H,29,30,33)/t20-,21-/m1/s1. The van der Waals surface area contributed by atoms with E-state index in [1.165, 1.54) is 25.3 Å². The summed E-state index contributed by atoms with van der Waals surface area (Å²) < 4.78 is 33.0. The molecule has 2 saturated carbocycles. The van der Waals surface area contributed by atoms with E-state index in [2.05, 4.69) is 25.8 Å². The topological polar surface area (TPSA) is 143 Å². The van der Waals surface area contributed by atoms with Crippen molar-refractivity contribution in [2.75, 3.05) is 10.6 Å². The van der Waals surface area contributed by atoms with Crippen molar-refractivity contribution in [1.82, 2.24) is 20.1 Å². The van der Waals surface area contributed by atoms with Crippen LogP contribution in [0.15, 0.2) is 28.9 Å². The Balaban J connectivity index is 1.28. The summed E-state index contributed by atoms with van der Waals surface area (Å²) in [5.41, 5.74) is 3.44. The minimum absolute atomic E-state index is 0.203. The van der Waals surface area contributed by atoms with Gasteiger partial charge in [0, 0.05) is 29.9 Å². The van der Waals surface area contributed by atoms with Gasteiger partial charge in [-0.25, -0.2) is 23.7 Å². The molecule has 3 aromatic heterocycles. The third-order valence-electron chi connectivity index (χ3n) is 7.29. The van der Waals surface area contributed by atoms with Crippen LogP contribution < -0.4 is 10.6 Å². The molecule has 0 aliphatic heterocycles. The molecule has 3 aromatic rings. The maximum Gasteiger partial charge on any atom is 0.313 e. The van der Waals surface area contributed by atoms with E-state index in [1.54, 1.807) is 26.1 Å². The van der Waals surface area contributed by atoms with Crippen molar-refractivity contribution in [3.8, 4) is 11.5 Å². The number of aryl methyl sites for hydroxylation is 2. The maximum absolute atomic E-state index is 13.7. The summed E-state index contributed by atoms with van der Waals surface area (Å²) in [7, 11) is 0. The van der Waals surface area contributed by atoms with Crippen LogP contribution in [0.25, 0.3) is 11.5 Å². The van der Waals surface area contributed by atoms with Crippen LogP contribution in [-0.4, -0.2) is 43.0 Å². The molecule has 2 fully saturated rings. The number of amides is 1. The van der Waals surface area contributed by atoms with Crippen molar-refractivity contribution in [3.63, 3.8) is 0 Å². The maximum atomic E-state index is 13.7. The third kappa shape index (κ3) is 4.94. The van der Waals surface area contributed by atoms with Gasteiger partial charge in [0.05, 0.1) is 17.1 Å². The Bertz CT molecular complexity index is 1370. The molecular weight excluding hydrogens is 498 g/mol. The normalized spacial score (nSPS) is 20.6.